The molecule has 1 heterocycles. The Labute approximate surface area is 171 Å². The number of nitrogens with two attached hydrogens (primary N) is 1. The molecule has 0 radical (unpaired) electrons. The zero-order valence-electron chi connectivity index (χ0n) is 15.3. The fraction of sp³-hybridized carbons (Fsp3) is 0.200. The number of fused-ring (bicyclic) bond motifs is 1. The van der Waals surface area contributed by atoms with E-state index < -0.39 is 29.9 Å². The number of urea groups is 1. The van der Waals surface area contributed by atoms with Gasteiger partial charge in [-0.3, -0.25) is 19.3 Å². The summed E-state index contributed by atoms with van der Waals surface area (Å²) >= 11 is 6.13. The summed E-state index contributed by atoms with van der Waals surface area (Å²) in [6.45, 7) is -0.242. The lowest BCUT2D eigenvalue weighted by Gasteiger charge is -2.19. The Morgan fingerprint density at radius 1 is 1.03 bits per heavy atom. The molecule has 1 aliphatic rings. The first-order valence-corrected chi connectivity index (χ1v) is 9.17. The van der Waals surface area contributed by atoms with Gasteiger partial charge in [0, 0.05) is 5.02 Å². The van der Waals surface area contributed by atoms with Gasteiger partial charge in [0.25, 0.3) is 11.8 Å². The average molecular weight is 416 g/mol. The van der Waals surface area contributed by atoms with Gasteiger partial charge in [0.2, 0.25) is 0 Å². The molecule has 0 saturated carbocycles. The minimum Gasteiger partial charge on any atom is -0.464 e. The van der Waals surface area contributed by atoms with E-state index in [-0.39, 0.29) is 19.6 Å². The largest absolute Gasteiger partial charge is 0.464 e. The van der Waals surface area contributed by atoms with Crippen molar-refractivity contribution in [2.45, 2.75) is 12.5 Å². The maximum atomic E-state index is 12.3. The Balaban J connectivity index is 1.58. The molecule has 2 aromatic rings. The number of rotatable bonds is 7. The second-order valence-corrected chi connectivity index (χ2v) is 6.72. The lowest BCUT2D eigenvalue weighted by molar-refractivity contribution is -0.144. The summed E-state index contributed by atoms with van der Waals surface area (Å²) < 4.78 is 5.15. The lowest BCUT2D eigenvalue weighted by atomic mass is 10.0. The first kappa shape index (κ1) is 20.3. The van der Waals surface area contributed by atoms with Gasteiger partial charge in [-0.15, -0.1) is 0 Å². The van der Waals surface area contributed by atoms with Crippen LogP contribution in [0.5, 0.6) is 0 Å². The highest BCUT2D eigenvalue weighted by molar-refractivity contribution is 6.31. The Kier molecular flexibility index (Phi) is 6.13. The van der Waals surface area contributed by atoms with Crippen molar-refractivity contribution < 1.29 is 23.9 Å². The van der Waals surface area contributed by atoms with Crippen molar-refractivity contribution in [2.75, 3.05) is 13.2 Å². The van der Waals surface area contributed by atoms with Crippen molar-refractivity contribution in [3.05, 3.63) is 70.2 Å². The van der Waals surface area contributed by atoms with Crippen molar-refractivity contribution in [3.63, 3.8) is 0 Å². The quantitative estimate of drug-likeness (QED) is 0.531. The standard InChI is InChI=1S/C20H18ClN3O5/c21-15-8-4-3-7-14(15)16(23-20(22)28)11-17(25)29-10-9-24-18(26)12-5-1-2-6-13(12)19(24)27/h1-8,16H,9-11H2,(H3,22,23,28)/t16-/m1/s1. The third kappa shape index (κ3) is 4.55. The normalized spacial score (nSPS) is 13.8. The molecular weight excluding hydrogens is 398 g/mol. The smallest absolute Gasteiger partial charge is 0.312 e. The van der Waals surface area contributed by atoms with Crippen LogP contribution in [-0.4, -0.2) is 41.9 Å². The number of ether oxygens (including phenoxy) is 1. The van der Waals surface area contributed by atoms with Gasteiger partial charge in [0.15, 0.2) is 0 Å². The van der Waals surface area contributed by atoms with Crippen molar-refractivity contribution in [3.8, 4) is 0 Å². The zero-order chi connectivity index (χ0) is 21.0. The van der Waals surface area contributed by atoms with Gasteiger partial charge >= 0.3 is 12.0 Å². The summed E-state index contributed by atoms with van der Waals surface area (Å²) in [6.07, 6.45) is -0.214. The van der Waals surface area contributed by atoms with Gasteiger partial charge in [-0.25, -0.2) is 4.79 Å². The third-order valence-electron chi connectivity index (χ3n) is 4.42. The van der Waals surface area contributed by atoms with E-state index in [1.54, 1.807) is 48.5 Å². The highest BCUT2D eigenvalue weighted by Crippen LogP contribution is 2.25. The average Bonchev–Trinajstić information content (AvgIpc) is 2.93. The molecular formula is C20H18ClN3O5. The number of primary amides is 1. The van der Waals surface area contributed by atoms with Crippen molar-refractivity contribution in [1.29, 1.82) is 0 Å². The van der Waals surface area contributed by atoms with Crippen LogP contribution in [-0.2, 0) is 9.53 Å². The second-order valence-electron chi connectivity index (χ2n) is 6.31. The first-order chi connectivity index (χ1) is 13.9. The zero-order valence-corrected chi connectivity index (χ0v) is 16.0. The molecule has 1 atom stereocenters. The molecule has 150 valence electrons. The number of carbonyl (C=O) groups excluding carboxylic acids is 4. The van der Waals surface area contributed by atoms with E-state index in [4.69, 9.17) is 22.1 Å². The van der Waals surface area contributed by atoms with E-state index in [0.29, 0.717) is 21.7 Å². The van der Waals surface area contributed by atoms with Gasteiger partial charge in [0.1, 0.15) is 6.61 Å². The molecule has 0 aliphatic carbocycles. The number of hydrogen-bond donors (Lipinski definition) is 2. The van der Waals surface area contributed by atoms with E-state index >= 15 is 0 Å². The molecule has 0 spiro atoms. The minimum absolute atomic E-state index is 0.0713. The van der Waals surface area contributed by atoms with Crippen LogP contribution in [0.3, 0.4) is 0 Å². The van der Waals surface area contributed by atoms with Gasteiger partial charge in [-0.05, 0) is 23.8 Å². The highest BCUT2D eigenvalue weighted by Gasteiger charge is 2.34. The number of carbonyl (C=O) groups is 4. The maximum Gasteiger partial charge on any atom is 0.312 e. The molecule has 0 fully saturated rings. The number of hydrogen-bond acceptors (Lipinski definition) is 5. The molecule has 29 heavy (non-hydrogen) atoms. The van der Waals surface area contributed by atoms with Gasteiger partial charge < -0.3 is 15.8 Å². The second kappa shape index (κ2) is 8.74. The monoisotopic (exact) mass is 415 g/mol. The third-order valence-corrected chi connectivity index (χ3v) is 4.77. The molecule has 1 aliphatic heterocycles. The van der Waals surface area contributed by atoms with Crippen molar-refractivity contribution >= 4 is 35.4 Å². The molecule has 2 aromatic carbocycles. The van der Waals surface area contributed by atoms with Crippen LogP contribution in [0.25, 0.3) is 0 Å². The molecule has 0 saturated heterocycles. The number of benzene rings is 2. The number of imide groups is 1. The molecule has 0 bridgehead atoms. The van der Waals surface area contributed by atoms with E-state index in [9.17, 15) is 19.2 Å². The number of halogens is 1. The van der Waals surface area contributed by atoms with Crippen LogP contribution in [0.4, 0.5) is 4.79 Å². The Morgan fingerprint density at radius 2 is 1.62 bits per heavy atom. The highest BCUT2D eigenvalue weighted by atomic mass is 35.5. The van der Waals surface area contributed by atoms with E-state index in [0.717, 1.165) is 4.90 Å². The summed E-state index contributed by atoms with van der Waals surface area (Å²) in [7, 11) is 0. The van der Waals surface area contributed by atoms with E-state index in [2.05, 4.69) is 5.32 Å². The lowest BCUT2D eigenvalue weighted by Crippen LogP contribution is -2.36. The summed E-state index contributed by atoms with van der Waals surface area (Å²) in [6, 6.07) is 11.6. The van der Waals surface area contributed by atoms with Crippen LogP contribution in [0.1, 0.15) is 38.7 Å². The maximum absolute atomic E-state index is 12.3. The Morgan fingerprint density at radius 3 is 2.21 bits per heavy atom. The Hall–Kier alpha value is -3.39. The minimum atomic E-state index is -0.811. The van der Waals surface area contributed by atoms with Gasteiger partial charge in [-0.1, -0.05) is 41.9 Å². The molecule has 0 unspecified atom stereocenters. The number of nitrogens with zero attached hydrogens (tertiary/aromatic N) is 1. The van der Waals surface area contributed by atoms with Crippen LogP contribution in [0, 0.1) is 0 Å². The summed E-state index contributed by atoms with van der Waals surface area (Å²) in [4.78, 5) is 49.1. The van der Waals surface area contributed by atoms with E-state index in [1.807, 2.05) is 0 Å². The molecule has 3 N–H and O–H groups in total. The van der Waals surface area contributed by atoms with E-state index in [1.165, 1.54) is 0 Å². The topological polar surface area (TPSA) is 119 Å². The fourth-order valence-corrected chi connectivity index (χ4v) is 3.35. The predicted octanol–water partition coefficient (Wildman–Crippen LogP) is 2.28. The summed E-state index contributed by atoms with van der Waals surface area (Å²) in [5.74, 6) is -1.49. The van der Waals surface area contributed by atoms with Gasteiger partial charge in [0.05, 0.1) is 30.1 Å². The molecule has 0 aromatic heterocycles. The molecule has 4 amide bonds. The molecule has 9 heteroatoms. The molecule has 8 nitrogen and oxygen atoms in total. The van der Waals surface area contributed by atoms with Crippen LogP contribution < -0.4 is 11.1 Å². The molecule has 3 rings (SSSR count). The number of amides is 4. The predicted molar refractivity (Wildman–Crippen MR) is 104 cm³/mol. The number of esters is 1. The van der Waals surface area contributed by atoms with Crippen LogP contribution in [0.2, 0.25) is 5.02 Å². The van der Waals surface area contributed by atoms with Crippen LogP contribution in [0.15, 0.2) is 48.5 Å². The summed E-state index contributed by atoms with van der Waals surface area (Å²) in [5.41, 5.74) is 6.36. The summed E-state index contributed by atoms with van der Waals surface area (Å²) in [5, 5.41) is 2.83. The fourth-order valence-electron chi connectivity index (χ4n) is 3.09. The first-order valence-electron chi connectivity index (χ1n) is 8.79. The number of nitrogens with one attached hydrogen (secondary N) is 1. The van der Waals surface area contributed by atoms with Crippen molar-refractivity contribution in [1.82, 2.24) is 10.2 Å². The SMILES string of the molecule is NC(=O)N[C@H](CC(=O)OCCN1C(=O)c2ccccc2C1=O)c1ccccc1Cl. The van der Waals surface area contributed by atoms with Crippen molar-refractivity contribution in [2.24, 2.45) is 5.73 Å². The van der Waals surface area contributed by atoms with Crippen LogP contribution >= 0.6 is 11.6 Å². The Bertz CT molecular complexity index is 943. The van der Waals surface area contributed by atoms with Gasteiger partial charge in [-0.2, -0.15) is 0 Å².